The van der Waals surface area contributed by atoms with Crippen LogP contribution in [0.5, 0.6) is 74.7 Å². The standard InChI is InChI=1S/C22H25ClN2O.C20H23ClN4O.2C19H19ClN2O2.C19H19ClN2O.C11H13ClN4O/c1-14(2)18-10-8-15(3)12-22(18)26-21-7-5-6-20(23)19(21)11-9-17-13-16(4)24-25-17;1-13-23-19(25-24-13)22-12-16-17(21)6-5-7-18(16)26-15-10-8-14(9-11-15)20(2,3)4;1-13-11-14(22-21-13)9-10-17-18(20)7-4-8-19(17)24-16-6-3-5-15(12-16)23-2;1-13-12-14(22-21-13)6-11-17-18(20)4-3-5-19(17)24-16-9-7-15(23-2)8-10-16;1-13-6-9-16(10-7-13)23-19-5-3-4-18(20)17(19)11-8-15-12-14(2)21-22-15;1-7-14-11(16-15-7)13-6-8-9(12)4-3-5-10(8)17-2/h5-8,10,12,14H,9,11,13H2,1-4H3;5-11H,12H2,1-4H3,(H2,22,23,24,25);3-8,12H,9-11H2,1-2H3;3-5,7-10H,6,11-12H2,1-2H3;3-7,9-10H,8,11-12H2,1-2H3;3-5H,6H2,1-2H3,(H2,13,14,15,16). The van der Waals surface area contributed by atoms with E-state index in [9.17, 15) is 0 Å². The minimum absolute atomic E-state index is 0.109. The summed E-state index contributed by atoms with van der Waals surface area (Å²) in [6.07, 6.45) is 9.85. The Labute approximate surface area is 850 Å². The summed E-state index contributed by atoms with van der Waals surface area (Å²) in [5.74, 6) is 13.1. The minimum atomic E-state index is 0.109. The third kappa shape index (κ3) is 32.2. The van der Waals surface area contributed by atoms with Crippen LogP contribution in [0.4, 0.5) is 11.9 Å². The van der Waals surface area contributed by atoms with E-state index in [0.717, 1.165) is 247 Å². The normalized spacial score (nSPS) is 12.8. The number of nitrogens with zero attached hydrogens (tertiary/aromatic N) is 12. The van der Waals surface area contributed by atoms with E-state index in [4.69, 9.17) is 108 Å². The van der Waals surface area contributed by atoms with Crippen molar-refractivity contribution in [1.82, 2.24) is 30.4 Å². The molecule has 0 radical (unpaired) electrons. The first-order valence-electron chi connectivity index (χ1n) is 46.1. The number of halogens is 6. The summed E-state index contributed by atoms with van der Waals surface area (Å²) in [4.78, 5) is 8.39. The molecular formula is C110H118Cl6N16O8. The second-order valence-electron chi connectivity index (χ2n) is 35.1. The fourth-order valence-corrected chi connectivity index (χ4v) is 16.4. The minimum Gasteiger partial charge on any atom is -0.497 e. The van der Waals surface area contributed by atoms with E-state index in [1.165, 1.54) is 22.3 Å². The molecule has 0 atom stereocenters. The number of hydrogen-bond acceptors (Lipinski definition) is 22. The smallest absolute Gasteiger partial charge is 0.242 e. The predicted molar refractivity (Wildman–Crippen MR) is 574 cm³/mol. The molecule has 728 valence electrons. The first-order valence-corrected chi connectivity index (χ1v) is 48.4. The van der Waals surface area contributed by atoms with Gasteiger partial charge >= 0.3 is 0 Å². The molecule has 4 N–H and O–H groups in total. The zero-order valence-electron chi connectivity index (χ0n) is 81.7. The van der Waals surface area contributed by atoms with Gasteiger partial charge in [0, 0.05) is 154 Å². The first kappa shape index (κ1) is 106. The summed E-state index contributed by atoms with van der Waals surface area (Å²) in [6, 6.07) is 71.7. The maximum atomic E-state index is 6.49. The summed E-state index contributed by atoms with van der Waals surface area (Å²) in [7, 11) is 4.89. The van der Waals surface area contributed by atoms with Crippen molar-refractivity contribution < 1.29 is 37.9 Å². The molecule has 17 rings (SSSR count). The summed E-state index contributed by atoms with van der Waals surface area (Å²) in [5.41, 5.74) is 19.3. The molecule has 24 nitrogen and oxygen atoms in total. The number of hydrogen-bond donors (Lipinski definition) is 4. The molecule has 30 heteroatoms. The van der Waals surface area contributed by atoms with Crippen molar-refractivity contribution in [1.29, 1.82) is 0 Å². The lowest BCUT2D eigenvalue weighted by Crippen LogP contribution is -2.10. The highest BCUT2D eigenvalue weighted by Gasteiger charge is 2.23. The molecule has 0 spiro atoms. The highest BCUT2D eigenvalue weighted by Crippen LogP contribution is 2.41. The Morgan fingerprint density at radius 1 is 0.307 bits per heavy atom. The number of nitrogens with one attached hydrogen (secondary N) is 4. The molecule has 11 aromatic carbocycles. The molecule has 6 heterocycles. The Bertz CT molecular complexity index is 6640. The Balaban J connectivity index is 0.000000151. The van der Waals surface area contributed by atoms with Gasteiger partial charge in [-0.1, -0.05) is 189 Å². The highest BCUT2D eigenvalue weighted by molar-refractivity contribution is 6.33. The Morgan fingerprint density at radius 3 is 0.964 bits per heavy atom. The molecule has 13 aromatic rings. The van der Waals surface area contributed by atoms with Crippen LogP contribution < -0.4 is 48.5 Å². The first-order chi connectivity index (χ1) is 67.4. The number of aromatic amines is 2. The number of benzene rings is 11. The molecule has 0 fully saturated rings. The Morgan fingerprint density at radius 2 is 0.621 bits per heavy atom. The number of anilines is 2. The third-order valence-corrected chi connectivity index (χ3v) is 24.5. The zero-order valence-corrected chi connectivity index (χ0v) is 86.3. The zero-order chi connectivity index (χ0) is 99.8. The van der Waals surface area contributed by atoms with Crippen LogP contribution in [0, 0.1) is 27.7 Å². The lowest BCUT2D eigenvalue weighted by atomic mass is 9.87. The largest absolute Gasteiger partial charge is 0.497 e. The Hall–Kier alpha value is -13.2. The van der Waals surface area contributed by atoms with Gasteiger partial charge in [-0.2, -0.15) is 50.8 Å². The van der Waals surface area contributed by atoms with Crippen LogP contribution in [0.1, 0.15) is 187 Å². The molecule has 0 saturated carbocycles. The third-order valence-electron chi connectivity index (χ3n) is 22.4. The van der Waals surface area contributed by atoms with Gasteiger partial charge in [0.1, 0.15) is 86.4 Å². The average molecular weight is 2000 g/mol. The lowest BCUT2D eigenvalue weighted by molar-refractivity contribution is 0.408. The van der Waals surface area contributed by atoms with Gasteiger partial charge in [-0.25, -0.2) is 0 Å². The maximum Gasteiger partial charge on any atom is 0.242 e. The number of methoxy groups -OCH3 is 3. The van der Waals surface area contributed by atoms with Crippen molar-refractivity contribution in [2.45, 2.75) is 191 Å². The number of rotatable bonds is 32. The van der Waals surface area contributed by atoms with Crippen LogP contribution in [0.25, 0.3) is 0 Å². The van der Waals surface area contributed by atoms with Crippen molar-refractivity contribution in [2.24, 2.45) is 40.8 Å². The summed E-state index contributed by atoms with van der Waals surface area (Å²) >= 11 is 38.2. The second-order valence-corrected chi connectivity index (χ2v) is 37.5. The quantitative estimate of drug-likeness (QED) is 0.0305. The van der Waals surface area contributed by atoms with Crippen LogP contribution in [-0.2, 0) is 44.2 Å². The molecule has 0 unspecified atom stereocenters. The lowest BCUT2D eigenvalue weighted by Gasteiger charge is -2.19. The second kappa shape index (κ2) is 52.2. The van der Waals surface area contributed by atoms with Crippen LogP contribution in [0.3, 0.4) is 0 Å². The molecule has 0 saturated heterocycles. The van der Waals surface area contributed by atoms with E-state index in [2.05, 4.69) is 161 Å². The number of ether oxygens (including phenoxy) is 8. The van der Waals surface area contributed by atoms with E-state index in [0.29, 0.717) is 56.7 Å². The number of H-pyrrole nitrogens is 2. The molecular weight excluding hydrogens is 1890 g/mol. The summed E-state index contributed by atoms with van der Waals surface area (Å²) in [5, 5.41) is 57.3. The monoisotopic (exact) mass is 2000 g/mol. The topological polar surface area (TPSA) is 280 Å². The van der Waals surface area contributed by atoms with Gasteiger partial charge in [0.15, 0.2) is 0 Å². The van der Waals surface area contributed by atoms with Gasteiger partial charge in [-0.05, 0) is 274 Å². The van der Waals surface area contributed by atoms with Crippen molar-refractivity contribution in [2.75, 3.05) is 32.0 Å². The van der Waals surface area contributed by atoms with E-state index in [1.54, 1.807) is 21.3 Å². The highest BCUT2D eigenvalue weighted by atomic mass is 35.5. The van der Waals surface area contributed by atoms with Crippen molar-refractivity contribution in [3.05, 3.63) is 322 Å². The number of aromatic nitrogens is 6. The van der Waals surface area contributed by atoms with E-state index < -0.39 is 0 Å². The Kier molecular flexibility index (Phi) is 39.4. The molecule has 140 heavy (non-hydrogen) atoms. The van der Waals surface area contributed by atoms with Crippen molar-refractivity contribution >= 4 is 127 Å². The molecule has 0 amide bonds. The van der Waals surface area contributed by atoms with Crippen LogP contribution >= 0.6 is 69.6 Å². The fourth-order valence-electron chi connectivity index (χ4n) is 14.9. The van der Waals surface area contributed by atoms with Gasteiger partial charge < -0.3 is 48.5 Å². The SMILES string of the molecule is CC1=NN=C(CCc2c(Cl)cccc2Oc2cc(C)ccc2C(C)C)C1.CC1=NN=C(CCc2c(Cl)cccc2Oc2ccc(C)cc2)C1.COc1ccc(Oc2cccc(Cl)c2CCC2=NN=C(C)C2)cc1.COc1cccc(Cl)c1CNc1n[nH]c(C)n1.COc1cccc(Oc2cccc(Cl)c2CCC2=NN=C(C)C2)c1.Cc1nc(NCc2c(Cl)cccc2Oc2ccc(C(C)(C)C)cc2)n[nH]1. The van der Waals surface area contributed by atoms with Gasteiger partial charge in [-0.3, -0.25) is 10.2 Å². The van der Waals surface area contributed by atoms with Crippen LogP contribution in [0.15, 0.2) is 265 Å². The fraction of sp³-hybridized carbons (Fsp3) is 0.291. The van der Waals surface area contributed by atoms with Crippen LogP contribution in [0.2, 0.25) is 30.1 Å². The average Bonchev–Trinajstić information content (AvgIpc) is 1.06. The van der Waals surface area contributed by atoms with Gasteiger partial charge in [0.25, 0.3) is 0 Å². The van der Waals surface area contributed by atoms with E-state index in [1.807, 2.05) is 236 Å². The van der Waals surface area contributed by atoms with Crippen molar-refractivity contribution in [3.63, 3.8) is 0 Å². The molecule has 2 aromatic heterocycles. The molecule has 4 aliphatic heterocycles. The molecule has 4 aliphatic rings. The van der Waals surface area contributed by atoms with Gasteiger partial charge in [0.2, 0.25) is 11.9 Å². The predicted octanol–water partition coefficient (Wildman–Crippen LogP) is 30.8. The summed E-state index contributed by atoms with van der Waals surface area (Å²) in [6.45, 7) is 27.7. The number of aryl methyl sites for hydroxylation is 4. The molecule has 0 aliphatic carbocycles. The van der Waals surface area contributed by atoms with Crippen LogP contribution in [-0.4, -0.2) is 97.4 Å². The van der Waals surface area contributed by atoms with Gasteiger partial charge in [0.05, 0.1) is 21.3 Å². The van der Waals surface area contributed by atoms with E-state index in [-0.39, 0.29) is 5.41 Å². The van der Waals surface area contributed by atoms with E-state index >= 15 is 0 Å². The maximum absolute atomic E-state index is 6.49. The molecule has 0 bridgehead atoms. The van der Waals surface area contributed by atoms with Crippen molar-refractivity contribution in [3.8, 4) is 74.7 Å². The summed E-state index contributed by atoms with van der Waals surface area (Å²) < 4.78 is 46.2. The van der Waals surface area contributed by atoms with Gasteiger partial charge in [-0.15, -0.1) is 10.2 Å².